The summed E-state index contributed by atoms with van der Waals surface area (Å²) in [7, 11) is 0. The lowest BCUT2D eigenvalue weighted by Gasteiger charge is -2.47. The van der Waals surface area contributed by atoms with Crippen LogP contribution in [0.2, 0.25) is 4.34 Å². The Bertz CT molecular complexity index is 857. The summed E-state index contributed by atoms with van der Waals surface area (Å²) in [6.07, 6.45) is 3.78. The fourth-order valence-electron chi connectivity index (χ4n) is 4.29. The zero-order valence-corrected chi connectivity index (χ0v) is 16.7. The van der Waals surface area contributed by atoms with Crippen molar-refractivity contribution in [3.8, 4) is 10.6 Å². The molecule has 0 aromatic carbocycles. The minimum Gasteiger partial charge on any atom is -0.481 e. The molecule has 138 valence electrons. The lowest BCUT2D eigenvalue weighted by Crippen LogP contribution is -2.51. The molecule has 3 fully saturated rings. The van der Waals surface area contributed by atoms with E-state index in [1.54, 1.807) is 12.1 Å². The standard InChI is InChI=1S/C17H16BrClFN3O2S/c18-17-22-14(9-5-6-10(19)26-9)12(20)15(23-17)21-13-8-3-1-7(2-4-8)11(13)16(24)25/h5-8,11,13H,1-4H2,(H,24,25)(H,21,22,23)/t7?,8?,11-,13-/m1/s1. The van der Waals surface area contributed by atoms with Crippen LogP contribution in [0.25, 0.3) is 10.6 Å². The highest BCUT2D eigenvalue weighted by Gasteiger charge is 2.47. The number of aromatic nitrogens is 2. The van der Waals surface area contributed by atoms with Gasteiger partial charge in [-0.2, -0.15) is 0 Å². The molecule has 2 aromatic heterocycles. The van der Waals surface area contributed by atoms with E-state index >= 15 is 4.39 Å². The minimum absolute atomic E-state index is 0.0372. The average Bonchev–Trinajstić information content (AvgIpc) is 3.04. The Labute approximate surface area is 167 Å². The van der Waals surface area contributed by atoms with Crippen molar-refractivity contribution in [2.24, 2.45) is 17.8 Å². The van der Waals surface area contributed by atoms with Gasteiger partial charge in [0.25, 0.3) is 0 Å². The molecule has 3 aliphatic rings. The second-order valence-electron chi connectivity index (χ2n) is 6.82. The molecule has 9 heteroatoms. The number of halogens is 3. The zero-order valence-electron chi connectivity index (χ0n) is 13.6. The molecule has 26 heavy (non-hydrogen) atoms. The van der Waals surface area contributed by atoms with Crippen molar-refractivity contribution in [2.75, 3.05) is 5.32 Å². The predicted molar refractivity (Wildman–Crippen MR) is 102 cm³/mol. The van der Waals surface area contributed by atoms with Crippen molar-refractivity contribution >= 4 is 50.7 Å². The lowest BCUT2D eigenvalue weighted by molar-refractivity contribution is -0.148. The Morgan fingerprint density at radius 3 is 2.58 bits per heavy atom. The van der Waals surface area contributed by atoms with Gasteiger partial charge in [0.05, 0.1) is 15.1 Å². The van der Waals surface area contributed by atoms with Gasteiger partial charge in [0, 0.05) is 6.04 Å². The van der Waals surface area contributed by atoms with Crippen molar-refractivity contribution in [2.45, 2.75) is 31.7 Å². The van der Waals surface area contributed by atoms with E-state index in [-0.39, 0.29) is 34.1 Å². The molecular weight excluding hydrogens is 445 g/mol. The number of rotatable bonds is 4. The molecule has 5 nitrogen and oxygen atoms in total. The molecule has 2 heterocycles. The second kappa shape index (κ2) is 7.05. The second-order valence-corrected chi connectivity index (χ2v) is 9.24. The topological polar surface area (TPSA) is 75.1 Å². The molecule has 2 aromatic rings. The number of carbonyl (C=O) groups is 1. The molecular formula is C17H16BrClFN3O2S. The van der Waals surface area contributed by atoms with Crippen molar-refractivity contribution in [3.63, 3.8) is 0 Å². The van der Waals surface area contributed by atoms with Crippen LogP contribution in [-0.4, -0.2) is 27.1 Å². The Morgan fingerprint density at radius 1 is 1.27 bits per heavy atom. The van der Waals surface area contributed by atoms with Gasteiger partial charge in [-0.25, -0.2) is 14.4 Å². The SMILES string of the molecule is O=C(O)[C@@H]1C2CCC(CC2)[C@H]1Nc1nc(Br)nc(-c2ccc(Cl)s2)c1F. The number of hydrogen-bond acceptors (Lipinski definition) is 5. The largest absolute Gasteiger partial charge is 0.481 e. The van der Waals surface area contributed by atoms with Gasteiger partial charge in [0.2, 0.25) is 0 Å². The van der Waals surface area contributed by atoms with Gasteiger partial charge in [-0.05, 0) is 65.6 Å². The Morgan fingerprint density at radius 2 is 1.96 bits per heavy atom. The van der Waals surface area contributed by atoms with Crippen LogP contribution in [0.3, 0.4) is 0 Å². The van der Waals surface area contributed by atoms with Crippen LogP contribution in [0.5, 0.6) is 0 Å². The van der Waals surface area contributed by atoms with Gasteiger partial charge >= 0.3 is 5.97 Å². The van der Waals surface area contributed by atoms with Crippen LogP contribution in [-0.2, 0) is 4.79 Å². The summed E-state index contributed by atoms with van der Waals surface area (Å²) in [6.45, 7) is 0. The third-order valence-corrected chi connectivity index (χ3v) is 7.03. The molecule has 2 atom stereocenters. The highest BCUT2D eigenvalue weighted by Crippen LogP contribution is 2.46. The Hall–Kier alpha value is -1.25. The first kappa shape index (κ1) is 18.1. The molecule has 0 unspecified atom stereocenters. The van der Waals surface area contributed by atoms with Crippen LogP contribution in [0.1, 0.15) is 25.7 Å². The number of nitrogens with one attached hydrogen (secondary N) is 1. The maximum atomic E-state index is 15.1. The number of anilines is 1. The quantitative estimate of drug-likeness (QED) is 0.624. The van der Waals surface area contributed by atoms with Gasteiger partial charge < -0.3 is 10.4 Å². The number of thiophene rings is 1. The Balaban J connectivity index is 1.70. The highest BCUT2D eigenvalue weighted by atomic mass is 79.9. The van der Waals surface area contributed by atoms with E-state index in [0.717, 1.165) is 25.7 Å². The number of hydrogen-bond donors (Lipinski definition) is 2. The van der Waals surface area contributed by atoms with E-state index in [2.05, 4.69) is 31.2 Å². The van der Waals surface area contributed by atoms with Gasteiger partial charge in [-0.15, -0.1) is 11.3 Å². The molecule has 5 rings (SSSR count). The number of carboxylic acids is 1. The van der Waals surface area contributed by atoms with Crippen LogP contribution in [0.15, 0.2) is 16.9 Å². The highest BCUT2D eigenvalue weighted by molar-refractivity contribution is 9.10. The van der Waals surface area contributed by atoms with E-state index in [0.29, 0.717) is 9.21 Å². The van der Waals surface area contributed by atoms with Crippen LogP contribution < -0.4 is 5.32 Å². The molecule has 0 amide bonds. The molecule has 0 aliphatic heterocycles. The lowest BCUT2D eigenvalue weighted by atomic mass is 9.61. The van der Waals surface area contributed by atoms with Crippen LogP contribution in [0, 0.1) is 23.6 Å². The number of aliphatic carboxylic acids is 1. The number of fused-ring (bicyclic) bond motifs is 3. The number of carboxylic acid groups (broad SMARTS) is 1. The van der Waals surface area contributed by atoms with Gasteiger partial charge in [0.15, 0.2) is 16.4 Å². The molecule has 0 spiro atoms. The molecule has 3 saturated carbocycles. The molecule has 3 aliphatic carbocycles. The van der Waals surface area contributed by atoms with E-state index in [1.807, 2.05) is 0 Å². The van der Waals surface area contributed by atoms with Crippen molar-refractivity contribution in [1.82, 2.24) is 9.97 Å². The predicted octanol–water partition coefficient (Wildman–Crippen LogP) is 5.06. The summed E-state index contributed by atoms with van der Waals surface area (Å²) in [4.78, 5) is 20.7. The zero-order chi connectivity index (χ0) is 18.4. The molecule has 2 N–H and O–H groups in total. The van der Waals surface area contributed by atoms with Crippen molar-refractivity contribution < 1.29 is 14.3 Å². The molecule has 0 radical (unpaired) electrons. The first-order chi connectivity index (χ1) is 12.4. The normalized spacial score (nSPS) is 27.5. The Kier molecular flexibility index (Phi) is 4.92. The van der Waals surface area contributed by atoms with E-state index in [4.69, 9.17) is 11.6 Å². The van der Waals surface area contributed by atoms with E-state index in [9.17, 15) is 9.90 Å². The summed E-state index contributed by atoms with van der Waals surface area (Å²) in [5.41, 5.74) is 0.152. The van der Waals surface area contributed by atoms with Crippen molar-refractivity contribution in [1.29, 1.82) is 0 Å². The fraction of sp³-hybridized carbons (Fsp3) is 0.471. The van der Waals surface area contributed by atoms with E-state index in [1.165, 1.54) is 11.3 Å². The smallest absolute Gasteiger partial charge is 0.308 e. The summed E-state index contributed by atoms with van der Waals surface area (Å²) >= 11 is 10.4. The summed E-state index contributed by atoms with van der Waals surface area (Å²) in [6, 6.07) is 3.07. The average molecular weight is 461 g/mol. The number of nitrogens with zero attached hydrogens (tertiary/aromatic N) is 2. The fourth-order valence-corrected chi connectivity index (χ4v) is 5.67. The molecule has 0 saturated heterocycles. The maximum Gasteiger partial charge on any atom is 0.308 e. The van der Waals surface area contributed by atoms with Crippen LogP contribution in [0.4, 0.5) is 10.2 Å². The summed E-state index contributed by atoms with van der Waals surface area (Å²) in [5.74, 6) is -1.54. The van der Waals surface area contributed by atoms with Gasteiger partial charge in [-0.3, -0.25) is 4.79 Å². The first-order valence-electron chi connectivity index (χ1n) is 8.42. The summed E-state index contributed by atoms with van der Waals surface area (Å²) < 4.78 is 15.9. The van der Waals surface area contributed by atoms with Gasteiger partial charge in [0.1, 0.15) is 5.69 Å². The third-order valence-electron chi connectivity index (χ3n) is 5.44. The van der Waals surface area contributed by atoms with Gasteiger partial charge in [-0.1, -0.05) is 11.6 Å². The third kappa shape index (κ3) is 3.23. The first-order valence-corrected chi connectivity index (χ1v) is 10.4. The van der Waals surface area contributed by atoms with Crippen molar-refractivity contribution in [3.05, 3.63) is 27.0 Å². The van der Waals surface area contributed by atoms with E-state index < -0.39 is 17.7 Å². The summed E-state index contributed by atoms with van der Waals surface area (Å²) in [5, 5.41) is 12.8. The maximum absolute atomic E-state index is 15.1. The molecule has 2 bridgehead atoms. The monoisotopic (exact) mass is 459 g/mol. The minimum atomic E-state index is -0.823. The van der Waals surface area contributed by atoms with Crippen LogP contribution >= 0.6 is 38.9 Å².